The number of rotatable bonds is 1. The molecule has 9 heavy (non-hydrogen) atoms. The maximum Gasteiger partial charge on any atom is 0.776 e. The van der Waals surface area contributed by atoms with Crippen LogP contribution in [0.25, 0.3) is 0 Å². The van der Waals surface area contributed by atoms with Crippen LogP contribution in [0.1, 0.15) is 6.92 Å². The summed E-state index contributed by atoms with van der Waals surface area (Å²) in [4.78, 5) is 0. The molecule has 0 radical (unpaired) electrons. The van der Waals surface area contributed by atoms with Gasteiger partial charge in [-0.05, 0) is 6.92 Å². The smallest absolute Gasteiger partial charge is 0.434 e. The lowest BCUT2D eigenvalue weighted by atomic mass is 10.3. The molecule has 6 heteroatoms. The monoisotopic (exact) mass is 150 g/mol. The van der Waals surface area contributed by atoms with Gasteiger partial charge in [-0.2, -0.15) is 0 Å². The van der Waals surface area contributed by atoms with Crippen molar-refractivity contribution in [3.8, 4) is 0 Å². The predicted octanol–water partition coefficient (Wildman–Crippen LogP) is -1.52. The average molecular weight is 150 g/mol. The summed E-state index contributed by atoms with van der Waals surface area (Å²) < 4.78 is 18.5. The van der Waals surface area contributed by atoms with E-state index < -0.39 is 21.2 Å². The Hall–Kier alpha value is -0.463. The fourth-order valence-corrected chi connectivity index (χ4v) is 1.25. The molecule has 52 valence electrons. The molecule has 1 saturated heterocycles. The van der Waals surface area contributed by atoms with Crippen LogP contribution in [0, 0.1) is 0 Å². The Morgan fingerprint density at radius 1 is 1.67 bits per heavy atom. The van der Waals surface area contributed by atoms with Crippen LogP contribution in [0.3, 0.4) is 0 Å². The van der Waals surface area contributed by atoms with Gasteiger partial charge < -0.3 is 19.1 Å². The maximum absolute atomic E-state index is 10.1. The summed E-state index contributed by atoms with van der Waals surface area (Å²) in [5.74, 6) is -2.02. The van der Waals surface area contributed by atoms with Gasteiger partial charge >= 0.3 is 15.1 Å². The van der Waals surface area contributed by atoms with E-state index in [1.807, 2.05) is 0 Å². The van der Waals surface area contributed by atoms with Crippen molar-refractivity contribution in [2.24, 2.45) is 0 Å². The topological polar surface area (TPSA) is 76.0 Å². The molecular formula is C3H6O5Si. The molecule has 1 fully saturated rings. The first-order valence-electron chi connectivity index (χ1n) is 2.37. The van der Waals surface area contributed by atoms with E-state index in [-0.39, 0.29) is 0 Å². The fraction of sp³-hybridized carbons (Fsp3) is 1.00. The summed E-state index contributed by atoms with van der Waals surface area (Å²) in [6, 6.07) is 0. The van der Waals surface area contributed by atoms with Crippen molar-refractivity contribution >= 4 is 9.17 Å². The highest BCUT2D eigenvalue weighted by atomic mass is 28.3. The van der Waals surface area contributed by atoms with Gasteiger partial charge in [-0.25, -0.2) is 0 Å². The number of aliphatic hydroxyl groups excluding tert-OH is 1. The Bertz CT molecular complexity index is 135. The van der Waals surface area contributed by atoms with E-state index in [1.54, 1.807) is 0 Å². The number of aliphatic hydroxyl groups is 2. The Labute approximate surface area is 52.7 Å². The van der Waals surface area contributed by atoms with E-state index in [2.05, 4.69) is 8.85 Å². The maximum atomic E-state index is 10.1. The lowest BCUT2D eigenvalue weighted by Crippen LogP contribution is -2.59. The van der Waals surface area contributed by atoms with Crippen molar-refractivity contribution in [2.75, 3.05) is 0 Å². The first-order chi connectivity index (χ1) is 4.04. The van der Waals surface area contributed by atoms with Crippen LogP contribution in [0.2, 0.25) is 0 Å². The van der Waals surface area contributed by atoms with Gasteiger partial charge in [0.05, 0.1) is 0 Å². The highest BCUT2D eigenvalue weighted by molar-refractivity contribution is 6.28. The van der Waals surface area contributed by atoms with Gasteiger partial charge in [-0.3, -0.25) is 4.46 Å². The number of hydrogen-bond acceptors (Lipinski definition) is 5. The summed E-state index contributed by atoms with van der Waals surface area (Å²) in [6.07, 6.45) is -1.18. The molecule has 0 amide bonds. The molecule has 1 atom stereocenters. The van der Waals surface area contributed by atoms with Crippen LogP contribution in [-0.2, 0) is 13.3 Å². The van der Waals surface area contributed by atoms with Crippen LogP contribution >= 0.6 is 0 Å². The zero-order valence-corrected chi connectivity index (χ0v) is 5.70. The first-order valence-corrected chi connectivity index (χ1v) is 3.59. The fourth-order valence-electron chi connectivity index (χ4n) is 0.417. The molecule has 0 bridgehead atoms. The molecule has 0 saturated carbocycles. The van der Waals surface area contributed by atoms with E-state index in [0.717, 1.165) is 0 Å². The van der Waals surface area contributed by atoms with E-state index in [9.17, 15) is 4.46 Å². The van der Waals surface area contributed by atoms with E-state index >= 15 is 0 Å². The van der Waals surface area contributed by atoms with Gasteiger partial charge in [0.15, 0.2) is 6.10 Å². The van der Waals surface area contributed by atoms with Crippen molar-refractivity contribution in [3.05, 3.63) is 0 Å². The Kier molecular flexibility index (Phi) is 1.30. The van der Waals surface area contributed by atoms with Crippen LogP contribution in [0.5, 0.6) is 0 Å². The molecule has 1 aliphatic rings. The Balaban J connectivity index is 2.49. The third-order valence-corrected chi connectivity index (χ3v) is 1.91. The second-order valence-corrected chi connectivity index (χ2v) is 2.67. The van der Waals surface area contributed by atoms with E-state index in [4.69, 9.17) is 10.2 Å². The summed E-state index contributed by atoms with van der Waals surface area (Å²) in [6.45, 7) is 1.27. The van der Waals surface area contributed by atoms with Gasteiger partial charge in [-0.15, -0.1) is 0 Å². The molecule has 0 aromatic rings. The minimum Gasteiger partial charge on any atom is -0.434 e. The average Bonchev–Trinajstić information content (AvgIpc) is 1.62. The molecule has 0 aromatic heterocycles. The highest BCUT2D eigenvalue weighted by Crippen LogP contribution is 2.22. The van der Waals surface area contributed by atoms with Crippen LogP contribution < -0.4 is 0 Å². The second kappa shape index (κ2) is 1.76. The third kappa shape index (κ3) is 0.957. The minimum absolute atomic E-state index is 1.18. The van der Waals surface area contributed by atoms with Crippen molar-refractivity contribution in [1.82, 2.24) is 0 Å². The summed E-state index contributed by atoms with van der Waals surface area (Å²) in [5.41, 5.74) is 0. The predicted molar refractivity (Wildman–Crippen MR) is 25.2 cm³/mol. The van der Waals surface area contributed by atoms with E-state index in [0.29, 0.717) is 0 Å². The first kappa shape index (κ1) is 6.65. The van der Waals surface area contributed by atoms with Crippen molar-refractivity contribution < 1.29 is 23.5 Å². The second-order valence-electron chi connectivity index (χ2n) is 1.76. The van der Waals surface area contributed by atoms with Gasteiger partial charge in [0, 0.05) is 0 Å². The highest BCUT2D eigenvalue weighted by Gasteiger charge is 2.53. The Morgan fingerprint density at radius 3 is 2.22 bits per heavy atom. The van der Waals surface area contributed by atoms with Gasteiger partial charge in [-0.1, -0.05) is 0 Å². The molecule has 1 rings (SSSR count). The van der Waals surface area contributed by atoms with Gasteiger partial charge in [0.25, 0.3) is 0 Å². The zero-order valence-electron chi connectivity index (χ0n) is 4.70. The van der Waals surface area contributed by atoms with Crippen LogP contribution in [0.4, 0.5) is 0 Å². The lowest BCUT2D eigenvalue weighted by molar-refractivity contribution is -0.387. The zero-order chi connectivity index (χ0) is 7.07. The molecule has 0 aromatic carbocycles. The molecule has 1 heterocycles. The quantitative estimate of drug-likeness (QED) is 0.444. The molecule has 5 nitrogen and oxygen atoms in total. The van der Waals surface area contributed by atoms with Crippen LogP contribution in [0.15, 0.2) is 0 Å². The molecule has 1 aliphatic heterocycles. The number of hydrogen-bond donors (Lipinski definition) is 2. The lowest BCUT2D eigenvalue weighted by Gasteiger charge is -2.36. The molecule has 1 unspecified atom stereocenters. The van der Waals surface area contributed by atoms with Crippen molar-refractivity contribution in [3.63, 3.8) is 0 Å². The summed E-state index contributed by atoms with van der Waals surface area (Å²) in [7, 11) is -2.50. The normalized spacial score (nSPS) is 25.4. The molecule has 2 N–H and O–H groups in total. The van der Waals surface area contributed by atoms with Gasteiger partial charge in [0.1, 0.15) is 0 Å². The molecular weight excluding hydrogens is 144 g/mol. The van der Waals surface area contributed by atoms with E-state index in [1.165, 1.54) is 6.92 Å². The van der Waals surface area contributed by atoms with Crippen molar-refractivity contribution in [1.29, 1.82) is 0 Å². The standard InChI is InChI=1S/C3H6O5Si/c1-2(4)3(5)7-9(6)8-3/h2,4-5H,1H3. The van der Waals surface area contributed by atoms with Crippen molar-refractivity contribution in [2.45, 2.75) is 19.0 Å². The summed E-state index contributed by atoms with van der Waals surface area (Å²) in [5, 5.41) is 17.4. The largest absolute Gasteiger partial charge is 0.776 e. The third-order valence-electron chi connectivity index (χ3n) is 0.987. The minimum atomic E-state index is -2.50. The van der Waals surface area contributed by atoms with Crippen LogP contribution in [-0.4, -0.2) is 31.5 Å². The summed E-state index contributed by atoms with van der Waals surface area (Å²) >= 11 is 0. The van der Waals surface area contributed by atoms with Gasteiger partial charge in [0.2, 0.25) is 0 Å². The SMILES string of the molecule is CC(O)C1(O)O[Si](=O)O1. The molecule has 0 spiro atoms. The Morgan fingerprint density at radius 2 is 2.11 bits per heavy atom. The molecule has 0 aliphatic carbocycles.